The fourth-order valence-electron chi connectivity index (χ4n) is 2.55. The van der Waals surface area contributed by atoms with Crippen molar-refractivity contribution in [3.8, 4) is 0 Å². The number of carboxylic acids is 1. The number of hydrogen-bond acceptors (Lipinski definition) is 6. The summed E-state index contributed by atoms with van der Waals surface area (Å²) in [5, 5.41) is 12.3. The van der Waals surface area contributed by atoms with E-state index in [1.807, 2.05) is 6.92 Å². The lowest BCUT2D eigenvalue weighted by atomic mass is 10.1. The number of anilines is 1. The smallest absolute Gasteiger partial charge is 0.337 e. The Hall–Kier alpha value is -2.07. The van der Waals surface area contributed by atoms with Crippen LogP contribution in [0.4, 0.5) is 5.69 Å². The van der Waals surface area contributed by atoms with Gasteiger partial charge in [-0.3, -0.25) is 4.90 Å². The highest BCUT2D eigenvalue weighted by atomic mass is 35.5. The number of nitrogens with one attached hydrogen (secondary N) is 2. The Morgan fingerprint density at radius 2 is 2.04 bits per heavy atom. The van der Waals surface area contributed by atoms with Gasteiger partial charge in [-0.15, -0.1) is 0 Å². The van der Waals surface area contributed by atoms with Crippen LogP contribution in [0, 0.1) is 0 Å². The molecule has 1 aromatic heterocycles. The maximum atomic E-state index is 13.0. The van der Waals surface area contributed by atoms with E-state index in [9.17, 15) is 18.3 Å². The van der Waals surface area contributed by atoms with Crippen LogP contribution in [0.25, 0.3) is 0 Å². The Morgan fingerprint density at radius 1 is 1.33 bits per heavy atom. The van der Waals surface area contributed by atoms with Gasteiger partial charge in [-0.25, -0.2) is 13.2 Å². The van der Waals surface area contributed by atoms with Gasteiger partial charge in [0, 0.05) is 0 Å². The molecule has 0 saturated heterocycles. The zero-order valence-corrected chi connectivity index (χ0v) is 16.8. The average Bonchev–Trinajstić information content (AvgIpc) is 3.10. The Morgan fingerprint density at radius 3 is 2.56 bits per heavy atom. The zero-order valence-electron chi connectivity index (χ0n) is 15.2. The highest BCUT2D eigenvalue weighted by Crippen LogP contribution is 2.33. The van der Waals surface area contributed by atoms with Gasteiger partial charge in [0.2, 0.25) is 10.0 Å². The molecular formula is C17H22ClN3O5S. The fraction of sp³-hybridized carbons (Fsp3) is 0.353. The summed E-state index contributed by atoms with van der Waals surface area (Å²) in [7, 11) is -0.629. The minimum absolute atomic E-state index is 0.0805. The van der Waals surface area contributed by atoms with E-state index in [-0.39, 0.29) is 27.7 Å². The van der Waals surface area contributed by atoms with E-state index >= 15 is 0 Å². The standard InChI is InChI=1S/C17H22ClN3O5S/c1-4-14(21(2)3)20-27(24,25)16-13(18)8-7-12(17(22)23)15(16)19-10-11-6-5-9-26-11/h5-9,14,19-20H,4,10H2,1-3H3,(H,22,23). The molecule has 10 heteroatoms. The van der Waals surface area contributed by atoms with Crippen LogP contribution in [0.3, 0.4) is 0 Å². The van der Waals surface area contributed by atoms with Crippen molar-refractivity contribution in [3.63, 3.8) is 0 Å². The predicted molar refractivity (Wildman–Crippen MR) is 103 cm³/mol. The van der Waals surface area contributed by atoms with Crippen molar-refractivity contribution >= 4 is 33.3 Å². The van der Waals surface area contributed by atoms with Crippen LogP contribution in [0.15, 0.2) is 39.8 Å². The summed E-state index contributed by atoms with van der Waals surface area (Å²) >= 11 is 6.17. The summed E-state index contributed by atoms with van der Waals surface area (Å²) in [5.41, 5.74) is -0.295. The third-order valence-electron chi connectivity index (χ3n) is 3.93. The van der Waals surface area contributed by atoms with E-state index < -0.39 is 22.2 Å². The number of aromatic carboxylic acids is 1. The predicted octanol–water partition coefficient (Wildman–Crippen LogP) is 2.82. The largest absolute Gasteiger partial charge is 0.478 e. The summed E-state index contributed by atoms with van der Waals surface area (Å²) < 4.78 is 33.8. The number of carbonyl (C=O) groups is 1. The minimum Gasteiger partial charge on any atom is -0.478 e. The van der Waals surface area contributed by atoms with Crippen LogP contribution in [-0.2, 0) is 16.6 Å². The average molecular weight is 416 g/mol. The van der Waals surface area contributed by atoms with Crippen LogP contribution >= 0.6 is 11.6 Å². The topological polar surface area (TPSA) is 112 Å². The molecule has 27 heavy (non-hydrogen) atoms. The van der Waals surface area contributed by atoms with Crippen LogP contribution in [0.1, 0.15) is 29.5 Å². The van der Waals surface area contributed by atoms with Crippen LogP contribution in [0.2, 0.25) is 5.02 Å². The van der Waals surface area contributed by atoms with Crippen molar-refractivity contribution < 1.29 is 22.7 Å². The second kappa shape index (κ2) is 8.75. The van der Waals surface area contributed by atoms with E-state index in [1.165, 1.54) is 18.4 Å². The quantitative estimate of drug-likeness (QED) is 0.540. The molecule has 0 aliphatic carbocycles. The lowest BCUT2D eigenvalue weighted by Crippen LogP contribution is -2.44. The molecule has 0 saturated carbocycles. The van der Waals surface area contributed by atoms with Gasteiger partial charge < -0.3 is 14.8 Å². The van der Waals surface area contributed by atoms with Gasteiger partial charge in [0.1, 0.15) is 10.7 Å². The molecule has 2 rings (SSSR count). The third-order valence-corrected chi connectivity index (χ3v) is 5.90. The number of hydrogen-bond donors (Lipinski definition) is 3. The molecule has 3 N–H and O–H groups in total. The van der Waals surface area contributed by atoms with Crippen molar-refractivity contribution in [1.29, 1.82) is 0 Å². The Labute approximate surface area is 163 Å². The molecule has 0 radical (unpaired) electrons. The molecule has 0 aliphatic rings. The maximum Gasteiger partial charge on any atom is 0.337 e. The SMILES string of the molecule is CCC(NS(=O)(=O)c1c(Cl)ccc(C(=O)O)c1NCc1ccco1)N(C)C. The first kappa shape index (κ1) is 21.2. The number of carboxylic acid groups (broad SMARTS) is 1. The number of benzene rings is 1. The number of furan rings is 1. The lowest BCUT2D eigenvalue weighted by molar-refractivity contribution is 0.0697. The van der Waals surface area contributed by atoms with Gasteiger partial charge in [-0.1, -0.05) is 18.5 Å². The lowest BCUT2D eigenvalue weighted by Gasteiger charge is -2.25. The van der Waals surface area contributed by atoms with Gasteiger partial charge in [-0.2, -0.15) is 4.72 Å². The molecule has 0 bridgehead atoms. The molecule has 2 aromatic rings. The highest BCUT2D eigenvalue weighted by Gasteiger charge is 2.29. The molecule has 148 valence electrons. The molecule has 1 heterocycles. The Balaban J connectivity index is 2.52. The number of rotatable bonds is 9. The fourth-order valence-corrected chi connectivity index (χ4v) is 4.65. The van der Waals surface area contributed by atoms with Crippen LogP contribution in [-0.4, -0.2) is 44.7 Å². The first-order valence-corrected chi connectivity index (χ1v) is 10.0. The van der Waals surface area contributed by atoms with Crippen molar-refractivity contribution in [3.05, 3.63) is 46.9 Å². The van der Waals surface area contributed by atoms with Crippen molar-refractivity contribution in [2.75, 3.05) is 19.4 Å². The summed E-state index contributed by atoms with van der Waals surface area (Å²) in [6.45, 7) is 1.93. The van der Waals surface area contributed by atoms with Gasteiger partial charge in [-0.05, 0) is 44.8 Å². The van der Waals surface area contributed by atoms with Crippen LogP contribution < -0.4 is 10.0 Å². The second-order valence-corrected chi connectivity index (χ2v) is 8.10. The summed E-state index contributed by atoms with van der Waals surface area (Å²) in [5.74, 6) is -0.757. The highest BCUT2D eigenvalue weighted by molar-refractivity contribution is 7.89. The third kappa shape index (κ3) is 5.01. The van der Waals surface area contributed by atoms with E-state index in [0.717, 1.165) is 0 Å². The van der Waals surface area contributed by atoms with E-state index in [2.05, 4.69) is 10.0 Å². The molecule has 0 amide bonds. The van der Waals surface area contributed by atoms with Gasteiger partial charge >= 0.3 is 5.97 Å². The molecule has 0 spiro atoms. The molecule has 1 atom stereocenters. The number of nitrogens with zero attached hydrogens (tertiary/aromatic N) is 1. The monoisotopic (exact) mass is 415 g/mol. The normalized spacial score (nSPS) is 12.9. The molecule has 1 aromatic carbocycles. The van der Waals surface area contributed by atoms with Crippen molar-refractivity contribution in [1.82, 2.24) is 9.62 Å². The van der Waals surface area contributed by atoms with Gasteiger partial charge in [0.15, 0.2) is 0 Å². The van der Waals surface area contributed by atoms with Gasteiger partial charge in [0.05, 0.1) is 35.2 Å². The summed E-state index contributed by atoms with van der Waals surface area (Å²) in [6, 6.07) is 5.88. The Kier molecular flexibility index (Phi) is 6.88. The number of halogens is 1. The summed E-state index contributed by atoms with van der Waals surface area (Å²) in [6.07, 6.45) is 1.50. The van der Waals surface area contributed by atoms with Crippen LogP contribution in [0.5, 0.6) is 0 Å². The minimum atomic E-state index is -4.11. The molecule has 0 aliphatic heterocycles. The zero-order chi connectivity index (χ0) is 20.2. The van der Waals surface area contributed by atoms with Gasteiger partial charge in [0.25, 0.3) is 0 Å². The van der Waals surface area contributed by atoms with E-state index in [1.54, 1.807) is 31.1 Å². The first-order valence-electron chi connectivity index (χ1n) is 8.18. The first-order chi connectivity index (χ1) is 12.7. The van der Waals surface area contributed by atoms with Crippen molar-refractivity contribution in [2.24, 2.45) is 0 Å². The van der Waals surface area contributed by atoms with E-state index in [0.29, 0.717) is 12.2 Å². The number of sulfonamides is 1. The molecule has 8 nitrogen and oxygen atoms in total. The summed E-state index contributed by atoms with van der Waals surface area (Å²) in [4.78, 5) is 13.0. The molecule has 1 unspecified atom stereocenters. The second-order valence-electron chi connectivity index (χ2n) is 6.05. The molecular weight excluding hydrogens is 394 g/mol. The Bertz CT molecular complexity index is 898. The van der Waals surface area contributed by atoms with Crippen molar-refractivity contribution in [2.45, 2.75) is 31.0 Å². The maximum absolute atomic E-state index is 13.0. The van der Waals surface area contributed by atoms with E-state index in [4.69, 9.17) is 16.0 Å². The molecule has 0 fully saturated rings.